The largest absolute Gasteiger partial charge is 0.344 e. The fourth-order valence-electron chi connectivity index (χ4n) is 7.48. The lowest BCUT2D eigenvalue weighted by molar-refractivity contribution is -0.517. The highest BCUT2D eigenvalue weighted by Gasteiger charge is 2.39. The first-order valence-electron chi connectivity index (χ1n) is 15.6. The second-order valence-corrected chi connectivity index (χ2v) is 13.8. The Labute approximate surface area is 231 Å². The minimum atomic E-state index is 0.0554. The van der Waals surface area contributed by atoms with Gasteiger partial charge in [-0.15, -0.1) is 0 Å². The molecule has 2 heterocycles. The lowest BCUT2D eigenvalue weighted by Gasteiger charge is -2.27. The number of benzene rings is 1. The SMILES string of the molecule is CC1(C)/C(=C\C=C\C2=[N+](CCCCC3CCCC3)CCS2)N(CCCCC2CCCC2)c2ccccc21. The van der Waals surface area contributed by atoms with Crippen molar-refractivity contribution in [3.8, 4) is 0 Å². The molecule has 2 saturated carbocycles. The van der Waals surface area contributed by atoms with E-state index in [0.717, 1.165) is 18.4 Å². The summed E-state index contributed by atoms with van der Waals surface area (Å²) in [7, 11) is 0. The summed E-state index contributed by atoms with van der Waals surface area (Å²) in [6, 6.07) is 9.12. The maximum atomic E-state index is 2.64. The number of nitrogens with zero attached hydrogens (tertiary/aromatic N) is 2. The van der Waals surface area contributed by atoms with Crippen LogP contribution in [-0.2, 0) is 5.41 Å². The number of rotatable bonds is 12. The molecule has 1 aromatic carbocycles. The van der Waals surface area contributed by atoms with Crippen LogP contribution >= 0.6 is 11.8 Å². The smallest absolute Gasteiger partial charge is 0.234 e. The third kappa shape index (κ3) is 6.75. The Balaban J connectivity index is 1.22. The molecule has 2 fully saturated rings. The van der Waals surface area contributed by atoms with Crippen LogP contribution in [0.4, 0.5) is 5.69 Å². The van der Waals surface area contributed by atoms with Gasteiger partial charge in [-0.25, -0.2) is 4.58 Å². The molecule has 0 amide bonds. The second kappa shape index (κ2) is 13.0. The highest BCUT2D eigenvalue weighted by molar-refractivity contribution is 8.14. The molecule has 0 saturated heterocycles. The summed E-state index contributed by atoms with van der Waals surface area (Å²) in [4.78, 5) is 2.64. The van der Waals surface area contributed by atoms with Crippen LogP contribution in [0.3, 0.4) is 0 Å². The van der Waals surface area contributed by atoms with Crippen molar-refractivity contribution in [2.24, 2.45) is 11.8 Å². The Morgan fingerprint density at radius 2 is 1.59 bits per heavy atom. The van der Waals surface area contributed by atoms with Gasteiger partial charge in [0.25, 0.3) is 0 Å². The zero-order chi connectivity index (χ0) is 25.5. The molecule has 3 heteroatoms. The first-order chi connectivity index (χ1) is 18.1. The van der Waals surface area contributed by atoms with E-state index in [4.69, 9.17) is 0 Å². The molecule has 2 aliphatic carbocycles. The van der Waals surface area contributed by atoms with E-state index < -0.39 is 0 Å². The van der Waals surface area contributed by atoms with Crippen molar-refractivity contribution in [3.63, 3.8) is 0 Å². The van der Waals surface area contributed by atoms with E-state index in [0.29, 0.717) is 0 Å². The summed E-state index contributed by atoms with van der Waals surface area (Å²) in [6.45, 7) is 8.43. The van der Waals surface area contributed by atoms with E-state index in [-0.39, 0.29) is 5.41 Å². The maximum absolute atomic E-state index is 2.64. The Bertz CT molecular complexity index is 975. The van der Waals surface area contributed by atoms with Crippen LogP contribution in [0, 0.1) is 11.8 Å². The van der Waals surface area contributed by atoms with Gasteiger partial charge in [-0.05, 0) is 42.4 Å². The molecule has 0 spiro atoms. The minimum Gasteiger partial charge on any atom is -0.344 e. The van der Waals surface area contributed by atoms with Crippen molar-refractivity contribution in [2.45, 2.75) is 109 Å². The summed E-state index contributed by atoms with van der Waals surface area (Å²) in [6.07, 6.45) is 27.3. The number of thioether (sulfide) groups is 1. The molecule has 0 aromatic heterocycles. The molecule has 0 unspecified atom stereocenters. The number of para-hydroxylation sites is 1. The van der Waals surface area contributed by atoms with Gasteiger partial charge in [0, 0.05) is 35.8 Å². The Morgan fingerprint density at radius 1 is 0.919 bits per heavy atom. The highest BCUT2D eigenvalue weighted by Crippen LogP contribution is 2.47. The van der Waals surface area contributed by atoms with Gasteiger partial charge in [0.2, 0.25) is 5.04 Å². The Hall–Kier alpha value is -1.48. The van der Waals surface area contributed by atoms with Crippen molar-refractivity contribution in [1.29, 1.82) is 0 Å². The number of hydrogen-bond acceptors (Lipinski definition) is 2. The van der Waals surface area contributed by atoms with Crippen LogP contribution in [0.15, 0.2) is 48.2 Å². The van der Waals surface area contributed by atoms with Gasteiger partial charge in [0.1, 0.15) is 6.54 Å². The van der Waals surface area contributed by atoms with Crippen molar-refractivity contribution in [2.75, 3.05) is 30.3 Å². The topological polar surface area (TPSA) is 6.25 Å². The minimum absolute atomic E-state index is 0.0554. The molecule has 37 heavy (non-hydrogen) atoms. The summed E-state index contributed by atoms with van der Waals surface area (Å²) in [5.74, 6) is 3.28. The van der Waals surface area contributed by atoms with Crippen LogP contribution in [0.5, 0.6) is 0 Å². The highest BCUT2D eigenvalue weighted by atomic mass is 32.2. The molecule has 0 atom stereocenters. The van der Waals surface area contributed by atoms with Gasteiger partial charge >= 0.3 is 0 Å². The summed E-state index contributed by atoms with van der Waals surface area (Å²) in [5, 5.41) is 1.48. The second-order valence-electron chi connectivity index (χ2n) is 12.7. The summed E-state index contributed by atoms with van der Waals surface area (Å²) in [5.41, 5.74) is 4.44. The molecule has 0 bridgehead atoms. The van der Waals surface area contributed by atoms with E-state index in [2.05, 4.69) is 65.8 Å². The molecule has 4 aliphatic rings. The van der Waals surface area contributed by atoms with Gasteiger partial charge in [-0.2, -0.15) is 0 Å². The number of hydrogen-bond donors (Lipinski definition) is 0. The van der Waals surface area contributed by atoms with Crippen molar-refractivity contribution >= 4 is 22.5 Å². The molecule has 2 nitrogen and oxygen atoms in total. The van der Waals surface area contributed by atoms with Gasteiger partial charge in [0.15, 0.2) is 6.54 Å². The van der Waals surface area contributed by atoms with E-state index in [9.17, 15) is 0 Å². The van der Waals surface area contributed by atoms with Crippen LogP contribution in [0.25, 0.3) is 0 Å². The number of fused-ring (bicyclic) bond motifs is 1. The molecule has 2 aliphatic heterocycles. The zero-order valence-corrected chi connectivity index (χ0v) is 24.5. The van der Waals surface area contributed by atoms with E-state index in [1.807, 2.05) is 11.8 Å². The molecular weight excluding hydrogens is 468 g/mol. The third-order valence-corrected chi connectivity index (χ3v) is 10.8. The molecule has 0 N–H and O–H groups in total. The van der Waals surface area contributed by atoms with Gasteiger partial charge in [-0.3, -0.25) is 0 Å². The Kier molecular flexibility index (Phi) is 9.56. The van der Waals surface area contributed by atoms with Gasteiger partial charge in [-0.1, -0.05) is 121 Å². The monoisotopic (exact) mass is 519 g/mol. The molecule has 5 rings (SSSR count). The number of unbranched alkanes of at least 4 members (excludes halogenated alkanes) is 2. The number of allylic oxidation sites excluding steroid dienone is 3. The van der Waals surface area contributed by atoms with Crippen molar-refractivity contribution in [3.05, 3.63) is 53.8 Å². The molecular formula is C34H51N2S+. The summed E-state index contributed by atoms with van der Waals surface area (Å²) >= 11 is 2.05. The fourth-order valence-corrected chi connectivity index (χ4v) is 8.54. The van der Waals surface area contributed by atoms with Crippen molar-refractivity contribution in [1.82, 2.24) is 0 Å². The first-order valence-corrected chi connectivity index (χ1v) is 16.6. The fraction of sp³-hybridized carbons (Fsp3) is 0.676. The standard InChI is InChI=1S/C34H51N2S/c1-34(2)30-20-7-8-21-31(30)36(25-12-10-19-29-16-5-6-17-29)32(34)22-13-23-33-35(26-27-37-33)24-11-9-18-28-14-3-4-15-28/h7-8,13,20-23,28-29H,3-6,9-12,14-19,24-27H2,1-2H3/q+1. The van der Waals surface area contributed by atoms with Crippen LogP contribution in [0.2, 0.25) is 0 Å². The normalized spacial score (nSPS) is 23.4. The summed E-state index contributed by atoms with van der Waals surface area (Å²) < 4.78 is 2.64. The predicted molar refractivity (Wildman–Crippen MR) is 163 cm³/mol. The third-order valence-electron chi connectivity index (χ3n) is 9.70. The lowest BCUT2D eigenvalue weighted by atomic mass is 9.84. The van der Waals surface area contributed by atoms with Crippen LogP contribution in [-0.4, -0.2) is 35.0 Å². The van der Waals surface area contributed by atoms with Gasteiger partial charge in [0.05, 0.1) is 5.75 Å². The van der Waals surface area contributed by atoms with E-state index in [1.54, 1.807) is 0 Å². The van der Waals surface area contributed by atoms with E-state index in [1.165, 1.54) is 131 Å². The lowest BCUT2D eigenvalue weighted by Crippen LogP contribution is -2.27. The molecule has 0 radical (unpaired) electrons. The predicted octanol–water partition coefficient (Wildman–Crippen LogP) is 9.10. The molecule has 202 valence electrons. The van der Waals surface area contributed by atoms with Crippen molar-refractivity contribution < 1.29 is 4.58 Å². The Morgan fingerprint density at radius 3 is 2.32 bits per heavy atom. The quantitative estimate of drug-likeness (QED) is 0.201. The van der Waals surface area contributed by atoms with Crippen LogP contribution < -0.4 is 4.90 Å². The number of anilines is 1. The maximum Gasteiger partial charge on any atom is 0.234 e. The van der Waals surface area contributed by atoms with Crippen LogP contribution in [0.1, 0.15) is 109 Å². The average molecular weight is 520 g/mol. The van der Waals surface area contributed by atoms with Gasteiger partial charge < -0.3 is 4.90 Å². The zero-order valence-electron chi connectivity index (χ0n) is 23.7. The molecule has 1 aromatic rings. The average Bonchev–Trinajstić information content (AvgIpc) is 3.71. The van der Waals surface area contributed by atoms with E-state index >= 15 is 0 Å². The first kappa shape index (κ1) is 27.1.